The van der Waals surface area contributed by atoms with Crippen molar-refractivity contribution in [3.63, 3.8) is 0 Å². The summed E-state index contributed by atoms with van der Waals surface area (Å²) in [6, 6.07) is 11.4. The van der Waals surface area contributed by atoms with E-state index in [2.05, 4.69) is 15.4 Å². The number of alkyl halides is 1. The van der Waals surface area contributed by atoms with Crippen molar-refractivity contribution in [2.75, 3.05) is 13.0 Å². The Morgan fingerprint density at radius 2 is 2.03 bits per heavy atom. The van der Waals surface area contributed by atoms with Crippen LogP contribution in [0.15, 0.2) is 54.4 Å². The normalized spacial score (nSPS) is 12.5. The molecular formula is C24H26ClFN4O2. The molecule has 0 unspecified atom stereocenters. The standard InChI is InChI=1S/C24H26ClFN4O2/c1-16(19-7-9-21(26)10-8-19)28-24(31)20(5-4-12-25)13-18-6-11-22(23(14-18)32-3)30-15-27-17(2)29-30/h6-11,13-16H,4-5,12H2,1-3H3,(H,28,31)/t16-/m0/s1. The maximum atomic E-state index is 13.2. The summed E-state index contributed by atoms with van der Waals surface area (Å²) in [5, 5.41) is 7.31. The molecule has 3 rings (SSSR count). The van der Waals surface area contributed by atoms with Crippen molar-refractivity contribution in [3.8, 4) is 11.4 Å². The SMILES string of the molecule is COc1cc(C=C(CCCCl)C(=O)N[C@@H](C)c2ccc(F)cc2)ccc1-n1cnc(C)n1. The molecule has 0 saturated heterocycles. The quantitative estimate of drug-likeness (QED) is 0.363. The second-order valence-electron chi connectivity index (χ2n) is 7.38. The summed E-state index contributed by atoms with van der Waals surface area (Å²) in [5.74, 6) is 1.22. The molecule has 0 bridgehead atoms. The highest BCUT2D eigenvalue weighted by Gasteiger charge is 2.15. The van der Waals surface area contributed by atoms with Gasteiger partial charge in [0.15, 0.2) is 0 Å². The highest BCUT2D eigenvalue weighted by molar-refractivity contribution is 6.17. The van der Waals surface area contributed by atoms with Gasteiger partial charge in [0.05, 0.1) is 13.2 Å². The molecule has 6 nitrogen and oxygen atoms in total. The van der Waals surface area contributed by atoms with Crippen LogP contribution in [0.2, 0.25) is 0 Å². The number of nitrogens with zero attached hydrogens (tertiary/aromatic N) is 3. The number of benzene rings is 2. The lowest BCUT2D eigenvalue weighted by Crippen LogP contribution is -2.28. The van der Waals surface area contributed by atoms with E-state index in [9.17, 15) is 9.18 Å². The van der Waals surface area contributed by atoms with Crippen LogP contribution in [0, 0.1) is 12.7 Å². The van der Waals surface area contributed by atoms with Gasteiger partial charge in [-0.25, -0.2) is 14.1 Å². The average Bonchev–Trinajstić information content (AvgIpc) is 3.22. The van der Waals surface area contributed by atoms with E-state index in [1.54, 1.807) is 30.3 Å². The smallest absolute Gasteiger partial charge is 0.247 e. The number of carbonyl (C=O) groups is 1. The van der Waals surface area contributed by atoms with Crippen molar-refractivity contribution < 1.29 is 13.9 Å². The van der Waals surface area contributed by atoms with Crippen LogP contribution in [-0.4, -0.2) is 33.7 Å². The highest BCUT2D eigenvalue weighted by atomic mass is 35.5. The molecule has 0 saturated carbocycles. The first kappa shape index (κ1) is 23.5. The molecule has 168 valence electrons. The third kappa shape index (κ3) is 5.95. The summed E-state index contributed by atoms with van der Waals surface area (Å²) >= 11 is 5.88. The Kier molecular flexibility index (Phi) is 8.00. The molecule has 8 heteroatoms. The largest absolute Gasteiger partial charge is 0.494 e. The van der Waals surface area contributed by atoms with Gasteiger partial charge in [0, 0.05) is 11.5 Å². The third-order valence-corrected chi connectivity index (χ3v) is 5.25. The van der Waals surface area contributed by atoms with Crippen LogP contribution >= 0.6 is 11.6 Å². The van der Waals surface area contributed by atoms with Gasteiger partial charge in [-0.2, -0.15) is 5.10 Å². The molecule has 1 aromatic heterocycles. The molecule has 0 aliphatic heterocycles. The van der Waals surface area contributed by atoms with E-state index in [-0.39, 0.29) is 17.8 Å². The molecule has 0 spiro atoms. The molecule has 1 amide bonds. The number of aromatic nitrogens is 3. The number of hydrogen-bond acceptors (Lipinski definition) is 4. The van der Waals surface area contributed by atoms with E-state index in [1.165, 1.54) is 12.1 Å². The van der Waals surface area contributed by atoms with Gasteiger partial charge in [-0.15, -0.1) is 11.6 Å². The van der Waals surface area contributed by atoms with Gasteiger partial charge in [-0.3, -0.25) is 4.79 Å². The zero-order chi connectivity index (χ0) is 23.1. The number of ether oxygens (including phenoxy) is 1. The number of nitrogens with one attached hydrogen (secondary N) is 1. The topological polar surface area (TPSA) is 69.0 Å². The van der Waals surface area contributed by atoms with Crippen molar-refractivity contribution in [2.45, 2.75) is 32.7 Å². The monoisotopic (exact) mass is 456 g/mol. The van der Waals surface area contributed by atoms with Crippen molar-refractivity contribution in [3.05, 3.63) is 77.1 Å². The van der Waals surface area contributed by atoms with Crippen molar-refractivity contribution >= 4 is 23.6 Å². The Bertz CT molecular complexity index is 1100. The minimum absolute atomic E-state index is 0.193. The number of amides is 1. The first-order valence-electron chi connectivity index (χ1n) is 10.3. The second kappa shape index (κ2) is 10.9. The Balaban J connectivity index is 1.84. The van der Waals surface area contributed by atoms with Crippen LogP contribution in [0.25, 0.3) is 11.8 Å². The second-order valence-corrected chi connectivity index (χ2v) is 7.75. The van der Waals surface area contributed by atoms with Gasteiger partial charge in [-0.05, 0) is 68.2 Å². The van der Waals surface area contributed by atoms with Crippen molar-refractivity contribution in [1.82, 2.24) is 20.1 Å². The fourth-order valence-electron chi connectivity index (χ4n) is 3.27. The zero-order valence-corrected chi connectivity index (χ0v) is 19.1. The van der Waals surface area contributed by atoms with Crippen molar-refractivity contribution in [2.24, 2.45) is 0 Å². The van der Waals surface area contributed by atoms with Gasteiger partial charge in [0.2, 0.25) is 5.91 Å². The minimum Gasteiger partial charge on any atom is -0.494 e. The molecule has 0 radical (unpaired) electrons. The first-order valence-corrected chi connectivity index (χ1v) is 10.8. The predicted molar refractivity (Wildman–Crippen MR) is 124 cm³/mol. The van der Waals surface area contributed by atoms with E-state index < -0.39 is 0 Å². The first-order chi connectivity index (χ1) is 15.4. The van der Waals surface area contributed by atoms with Crippen LogP contribution in [-0.2, 0) is 4.79 Å². The van der Waals surface area contributed by atoms with E-state index in [4.69, 9.17) is 16.3 Å². The molecule has 2 aromatic carbocycles. The van der Waals surface area contributed by atoms with Gasteiger partial charge < -0.3 is 10.1 Å². The van der Waals surface area contributed by atoms with Gasteiger partial charge >= 0.3 is 0 Å². The average molecular weight is 457 g/mol. The molecule has 32 heavy (non-hydrogen) atoms. The number of hydrogen-bond donors (Lipinski definition) is 1. The van der Waals surface area contributed by atoms with Crippen LogP contribution < -0.4 is 10.1 Å². The molecular weight excluding hydrogens is 431 g/mol. The van der Waals surface area contributed by atoms with Gasteiger partial charge in [0.25, 0.3) is 0 Å². The lowest BCUT2D eigenvalue weighted by atomic mass is 10.0. The molecule has 1 heterocycles. The minimum atomic E-state index is -0.312. The van der Waals surface area contributed by atoms with E-state index in [1.807, 2.05) is 38.1 Å². The van der Waals surface area contributed by atoms with E-state index in [0.29, 0.717) is 35.9 Å². The molecule has 1 N–H and O–H groups in total. The lowest BCUT2D eigenvalue weighted by Gasteiger charge is -2.16. The maximum absolute atomic E-state index is 13.2. The highest BCUT2D eigenvalue weighted by Crippen LogP contribution is 2.26. The summed E-state index contributed by atoms with van der Waals surface area (Å²) in [6.45, 7) is 3.68. The predicted octanol–water partition coefficient (Wildman–Crippen LogP) is 5.00. The van der Waals surface area contributed by atoms with Crippen molar-refractivity contribution in [1.29, 1.82) is 0 Å². The number of methoxy groups -OCH3 is 1. The summed E-state index contributed by atoms with van der Waals surface area (Å²) in [6.07, 6.45) is 4.65. The van der Waals surface area contributed by atoms with Crippen LogP contribution in [0.3, 0.4) is 0 Å². The molecule has 1 atom stereocenters. The Hall–Kier alpha value is -3.19. The van der Waals surface area contributed by atoms with Crippen LogP contribution in [0.1, 0.15) is 42.8 Å². The Morgan fingerprint density at radius 1 is 1.28 bits per heavy atom. The number of carbonyl (C=O) groups excluding carboxylic acids is 1. The fraction of sp³-hybridized carbons (Fsp3) is 0.292. The molecule has 0 fully saturated rings. The van der Waals surface area contributed by atoms with Crippen LogP contribution in [0.4, 0.5) is 4.39 Å². The fourth-order valence-corrected chi connectivity index (χ4v) is 3.40. The Labute approximate surface area is 192 Å². The molecule has 0 aliphatic carbocycles. The molecule has 0 aliphatic rings. The van der Waals surface area contributed by atoms with E-state index >= 15 is 0 Å². The maximum Gasteiger partial charge on any atom is 0.247 e. The summed E-state index contributed by atoms with van der Waals surface area (Å²) in [5.41, 5.74) is 3.00. The Morgan fingerprint density at radius 3 is 2.66 bits per heavy atom. The van der Waals surface area contributed by atoms with Gasteiger partial charge in [0.1, 0.15) is 29.4 Å². The molecule has 3 aromatic rings. The summed E-state index contributed by atoms with van der Waals surface area (Å²) in [4.78, 5) is 17.2. The zero-order valence-electron chi connectivity index (χ0n) is 18.3. The summed E-state index contributed by atoms with van der Waals surface area (Å²) < 4.78 is 20.4. The number of aryl methyl sites for hydroxylation is 1. The number of rotatable bonds is 9. The lowest BCUT2D eigenvalue weighted by molar-refractivity contribution is -0.118. The third-order valence-electron chi connectivity index (χ3n) is 4.99. The number of halogens is 2. The summed E-state index contributed by atoms with van der Waals surface area (Å²) in [7, 11) is 1.58. The van der Waals surface area contributed by atoms with Crippen LogP contribution in [0.5, 0.6) is 5.75 Å². The van der Waals surface area contributed by atoms with Gasteiger partial charge in [-0.1, -0.05) is 18.2 Å². The van der Waals surface area contributed by atoms with E-state index in [0.717, 1.165) is 16.8 Å².